The van der Waals surface area contributed by atoms with E-state index in [9.17, 15) is 4.79 Å². The molecule has 148 valence electrons. The number of rotatable bonds is 8. The summed E-state index contributed by atoms with van der Waals surface area (Å²) in [5.74, 6) is 8.42. The molecule has 0 bridgehead atoms. The SMILES string of the molecule is COc1ccc(-c2nnc(SCC(=O)NC(C)c3ccco3)n2N)c(OC)c1. The van der Waals surface area contributed by atoms with E-state index in [0.29, 0.717) is 33.8 Å². The predicted octanol–water partition coefficient (Wildman–Crippen LogP) is 2.24. The summed E-state index contributed by atoms with van der Waals surface area (Å²) >= 11 is 1.19. The van der Waals surface area contributed by atoms with Crippen LogP contribution >= 0.6 is 11.8 Å². The number of nitrogens with two attached hydrogens (primary N) is 1. The van der Waals surface area contributed by atoms with Crippen molar-refractivity contribution in [3.8, 4) is 22.9 Å². The Labute approximate surface area is 166 Å². The second kappa shape index (κ2) is 8.70. The smallest absolute Gasteiger partial charge is 0.231 e. The van der Waals surface area contributed by atoms with Crippen LogP contribution in [-0.4, -0.2) is 40.8 Å². The highest BCUT2D eigenvalue weighted by molar-refractivity contribution is 7.99. The highest BCUT2D eigenvalue weighted by Crippen LogP contribution is 2.32. The second-order valence-electron chi connectivity index (χ2n) is 5.84. The number of hydrogen-bond donors (Lipinski definition) is 2. The van der Waals surface area contributed by atoms with Gasteiger partial charge in [0, 0.05) is 6.07 Å². The van der Waals surface area contributed by atoms with Crippen molar-refractivity contribution in [2.75, 3.05) is 25.8 Å². The number of carbonyl (C=O) groups excluding carboxylic acids is 1. The largest absolute Gasteiger partial charge is 0.497 e. The van der Waals surface area contributed by atoms with E-state index in [1.54, 1.807) is 44.7 Å². The van der Waals surface area contributed by atoms with Gasteiger partial charge < -0.3 is 25.1 Å². The molecule has 1 atom stereocenters. The van der Waals surface area contributed by atoms with E-state index < -0.39 is 0 Å². The van der Waals surface area contributed by atoms with Crippen LogP contribution in [0.4, 0.5) is 0 Å². The van der Waals surface area contributed by atoms with Crippen LogP contribution in [0.2, 0.25) is 0 Å². The number of amides is 1. The van der Waals surface area contributed by atoms with Crippen molar-refractivity contribution in [3.63, 3.8) is 0 Å². The summed E-state index contributed by atoms with van der Waals surface area (Å²) in [5, 5.41) is 11.5. The van der Waals surface area contributed by atoms with Crippen molar-refractivity contribution in [2.24, 2.45) is 0 Å². The van der Waals surface area contributed by atoms with Crippen LogP contribution < -0.4 is 20.6 Å². The number of ether oxygens (including phenoxy) is 2. The number of hydrogen-bond acceptors (Lipinski definition) is 8. The Bertz CT molecular complexity index is 942. The lowest BCUT2D eigenvalue weighted by atomic mass is 10.2. The normalized spacial score (nSPS) is 11.8. The average molecular weight is 403 g/mol. The number of methoxy groups -OCH3 is 2. The van der Waals surface area contributed by atoms with Crippen molar-refractivity contribution < 1.29 is 18.7 Å². The molecule has 3 N–H and O–H groups in total. The molecule has 0 aliphatic carbocycles. The second-order valence-corrected chi connectivity index (χ2v) is 6.78. The monoisotopic (exact) mass is 403 g/mol. The van der Waals surface area contributed by atoms with Crippen molar-refractivity contribution >= 4 is 17.7 Å². The van der Waals surface area contributed by atoms with E-state index >= 15 is 0 Å². The number of nitrogen functional groups attached to an aromatic ring is 1. The molecular weight excluding hydrogens is 382 g/mol. The minimum atomic E-state index is -0.224. The zero-order valence-corrected chi connectivity index (χ0v) is 16.5. The quantitative estimate of drug-likeness (QED) is 0.434. The van der Waals surface area contributed by atoms with Crippen molar-refractivity contribution in [2.45, 2.75) is 18.1 Å². The Morgan fingerprint density at radius 1 is 1.32 bits per heavy atom. The summed E-state index contributed by atoms with van der Waals surface area (Å²) < 4.78 is 17.2. The fourth-order valence-corrected chi connectivity index (χ4v) is 3.23. The minimum absolute atomic E-state index is 0.139. The first-order chi connectivity index (χ1) is 13.5. The van der Waals surface area contributed by atoms with Gasteiger partial charge in [-0.1, -0.05) is 11.8 Å². The lowest BCUT2D eigenvalue weighted by Gasteiger charge is -2.11. The molecule has 0 saturated carbocycles. The van der Waals surface area contributed by atoms with E-state index in [2.05, 4.69) is 15.5 Å². The third kappa shape index (κ3) is 4.22. The van der Waals surface area contributed by atoms with Gasteiger partial charge in [0.15, 0.2) is 5.82 Å². The van der Waals surface area contributed by atoms with Crippen LogP contribution in [0, 0.1) is 0 Å². The van der Waals surface area contributed by atoms with Crippen LogP contribution in [0.15, 0.2) is 46.2 Å². The molecular formula is C18H21N5O4S. The molecule has 2 heterocycles. The lowest BCUT2D eigenvalue weighted by Crippen LogP contribution is -2.28. The molecule has 9 nitrogen and oxygen atoms in total. The molecule has 3 rings (SSSR count). The summed E-state index contributed by atoms with van der Waals surface area (Å²) in [6.45, 7) is 1.85. The summed E-state index contributed by atoms with van der Waals surface area (Å²) in [4.78, 5) is 12.2. The number of furan rings is 1. The van der Waals surface area contributed by atoms with Gasteiger partial charge in [-0.15, -0.1) is 10.2 Å². The van der Waals surface area contributed by atoms with Crippen LogP contribution in [-0.2, 0) is 4.79 Å². The molecule has 1 amide bonds. The standard InChI is InChI=1S/C18H21N5O4S/c1-11(14-5-4-8-27-14)20-16(24)10-28-18-22-21-17(23(18)19)13-7-6-12(25-2)9-15(13)26-3/h4-9,11H,10,19H2,1-3H3,(H,20,24). The molecule has 2 aromatic heterocycles. The van der Waals surface area contributed by atoms with Gasteiger partial charge in [-0.05, 0) is 31.2 Å². The molecule has 0 saturated heterocycles. The maximum atomic E-state index is 12.2. The number of nitrogens with one attached hydrogen (secondary N) is 1. The summed E-state index contributed by atoms with van der Waals surface area (Å²) in [6.07, 6.45) is 1.57. The summed E-state index contributed by atoms with van der Waals surface area (Å²) in [5.41, 5.74) is 0.668. The fraction of sp³-hybridized carbons (Fsp3) is 0.278. The van der Waals surface area contributed by atoms with Crippen LogP contribution in [0.25, 0.3) is 11.4 Å². The van der Waals surface area contributed by atoms with Crippen LogP contribution in [0.5, 0.6) is 11.5 Å². The first-order valence-electron chi connectivity index (χ1n) is 8.42. The zero-order chi connectivity index (χ0) is 20.1. The van der Waals surface area contributed by atoms with Gasteiger partial charge in [-0.3, -0.25) is 4.79 Å². The Balaban J connectivity index is 1.67. The number of nitrogens with zero attached hydrogens (tertiary/aromatic N) is 3. The van der Waals surface area contributed by atoms with E-state index in [0.717, 1.165) is 0 Å². The maximum absolute atomic E-state index is 12.2. The molecule has 1 unspecified atom stereocenters. The number of thioether (sulfide) groups is 1. The summed E-state index contributed by atoms with van der Waals surface area (Å²) in [6, 6.07) is 8.67. The van der Waals surface area contributed by atoms with Gasteiger partial charge >= 0.3 is 0 Å². The van der Waals surface area contributed by atoms with Gasteiger partial charge in [-0.25, -0.2) is 4.68 Å². The number of aromatic nitrogens is 3. The Hall–Kier alpha value is -3.14. The predicted molar refractivity (Wildman–Crippen MR) is 105 cm³/mol. The minimum Gasteiger partial charge on any atom is -0.497 e. The first-order valence-corrected chi connectivity index (χ1v) is 9.40. The highest BCUT2D eigenvalue weighted by Gasteiger charge is 2.18. The van der Waals surface area contributed by atoms with E-state index in [-0.39, 0.29) is 17.7 Å². The van der Waals surface area contributed by atoms with Crippen LogP contribution in [0.3, 0.4) is 0 Å². The van der Waals surface area contributed by atoms with E-state index in [1.165, 1.54) is 16.4 Å². The molecule has 0 fully saturated rings. The van der Waals surface area contributed by atoms with Gasteiger partial charge in [0.05, 0.1) is 37.8 Å². The van der Waals surface area contributed by atoms with Gasteiger partial charge in [-0.2, -0.15) is 0 Å². The average Bonchev–Trinajstić information content (AvgIpc) is 3.36. The molecule has 0 aliphatic heterocycles. The van der Waals surface area contributed by atoms with E-state index in [4.69, 9.17) is 19.7 Å². The Morgan fingerprint density at radius 2 is 2.14 bits per heavy atom. The topological polar surface area (TPSA) is 117 Å². The molecule has 1 aromatic carbocycles. The van der Waals surface area contributed by atoms with E-state index in [1.807, 2.05) is 13.0 Å². The zero-order valence-electron chi connectivity index (χ0n) is 15.7. The fourth-order valence-electron chi connectivity index (χ4n) is 2.56. The molecule has 28 heavy (non-hydrogen) atoms. The Morgan fingerprint density at radius 3 is 2.82 bits per heavy atom. The summed E-state index contributed by atoms with van der Waals surface area (Å²) in [7, 11) is 3.13. The molecule has 0 spiro atoms. The maximum Gasteiger partial charge on any atom is 0.231 e. The van der Waals surface area contributed by atoms with Crippen molar-refractivity contribution in [1.82, 2.24) is 20.2 Å². The van der Waals surface area contributed by atoms with Gasteiger partial charge in [0.1, 0.15) is 17.3 Å². The van der Waals surface area contributed by atoms with Crippen molar-refractivity contribution in [1.29, 1.82) is 0 Å². The number of carbonyl (C=O) groups is 1. The first kappa shape index (κ1) is 19.6. The number of benzene rings is 1. The van der Waals surface area contributed by atoms with Gasteiger partial charge in [0.25, 0.3) is 0 Å². The van der Waals surface area contributed by atoms with Gasteiger partial charge in [0.2, 0.25) is 11.1 Å². The molecule has 0 radical (unpaired) electrons. The van der Waals surface area contributed by atoms with Crippen molar-refractivity contribution in [3.05, 3.63) is 42.4 Å². The lowest BCUT2D eigenvalue weighted by molar-refractivity contribution is -0.119. The highest BCUT2D eigenvalue weighted by atomic mass is 32.2. The third-order valence-corrected chi connectivity index (χ3v) is 4.94. The molecule has 0 aliphatic rings. The Kier molecular flexibility index (Phi) is 6.09. The molecule has 10 heteroatoms. The van der Waals surface area contributed by atoms with Crippen LogP contribution in [0.1, 0.15) is 18.7 Å². The molecule has 3 aromatic rings. The third-order valence-electron chi connectivity index (χ3n) is 3.99.